The predicted octanol–water partition coefficient (Wildman–Crippen LogP) is 3.47. The molecule has 0 radical (unpaired) electrons. The zero-order chi connectivity index (χ0) is 14.4. The highest BCUT2D eigenvalue weighted by molar-refractivity contribution is 7.98. The number of benzene rings is 1. The topological polar surface area (TPSA) is 55.1 Å². The van der Waals surface area contributed by atoms with Crippen molar-refractivity contribution in [3.05, 3.63) is 29.8 Å². The lowest BCUT2D eigenvalue weighted by Gasteiger charge is -2.30. The first-order valence-electron chi connectivity index (χ1n) is 7.40. The molecule has 5 heteroatoms. The Bertz CT molecular complexity index is 450. The average Bonchev–Trinajstić information content (AvgIpc) is 2.53. The summed E-state index contributed by atoms with van der Waals surface area (Å²) in [5, 5.41) is 3.15. The van der Waals surface area contributed by atoms with Crippen LogP contribution in [-0.4, -0.2) is 24.7 Å². The van der Waals surface area contributed by atoms with Crippen LogP contribution >= 0.6 is 24.2 Å². The van der Waals surface area contributed by atoms with E-state index in [0.29, 0.717) is 12.5 Å². The maximum atomic E-state index is 12.5. The maximum absolute atomic E-state index is 12.5. The summed E-state index contributed by atoms with van der Waals surface area (Å²) in [4.78, 5) is 13.5. The van der Waals surface area contributed by atoms with Gasteiger partial charge in [-0.05, 0) is 37.1 Å². The van der Waals surface area contributed by atoms with Gasteiger partial charge < -0.3 is 11.1 Å². The lowest BCUT2D eigenvalue weighted by Crippen LogP contribution is -2.46. The third-order valence-electron chi connectivity index (χ3n) is 4.14. The summed E-state index contributed by atoms with van der Waals surface area (Å²) >= 11 is 1.60. The highest BCUT2D eigenvalue weighted by atomic mass is 35.5. The average molecular weight is 329 g/mol. The Labute approximate surface area is 137 Å². The van der Waals surface area contributed by atoms with Crippen LogP contribution in [0.4, 0.5) is 0 Å². The van der Waals surface area contributed by atoms with Gasteiger partial charge in [0, 0.05) is 17.5 Å². The minimum absolute atomic E-state index is 0. The predicted molar refractivity (Wildman–Crippen MR) is 92.4 cm³/mol. The van der Waals surface area contributed by atoms with Crippen LogP contribution < -0.4 is 11.1 Å². The van der Waals surface area contributed by atoms with E-state index in [0.717, 1.165) is 10.5 Å². The van der Waals surface area contributed by atoms with Crippen LogP contribution in [0.15, 0.2) is 29.2 Å². The monoisotopic (exact) mass is 328 g/mol. The fourth-order valence-corrected chi connectivity index (χ4v) is 3.58. The van der Waals surface area contributed by atoms with Gasteiger partial charge in [-0.15, -0.1) is 24.2 Å². The number of rotatable bonds is 5. The first-order valence-corrected chi connectivity index (χ1v) is 8.62. The molecule has 0 spiro atoms. The van der Waals surface area contributed by atoms with Gasteiger partial charge in [0.05, 0.1) is 5.56 Å². The molecular formula is C16H25ClN2OS. The van der Waals surface area contributed by atoms with Crippen molar-refractivity contribution < 1.29 is 4.79 Å². The van der Waals surface area contributed by atoms with E-state index in [4.69, 9.17) is 5.73 Å². The molecule has 1 aliphatic rings. The molecule has 1 atom stereocenters. The Morgan fingerprint density at radius 3 is 2.62 bits per heavy atom. The van der Waals surface area contributed by atoms with Gasteiger partial charge in [-0.1, -0.05) is 31.4 Å². The van der Waals surface area contributed by atoms with Crippen LogP contribution in [0.1, 0.15) is 42.5 Å². The number of hydrogen-bond donors (Lipinski definition) is 2. The molecule has 0 heterocycles. The van der Waals surface area contributed by atoms with Crippen LogP contribution in [0.5, 0.6) is 0 Å². The molecule has 3 nitrogen and oxygen atoms in total. The molecule has 1 aromatic rings. The van der Waals surface area contributed by atoms with Crippen LogP contribution in [0.25, 0.3) is 0 Å². The minimum Gasteiger partial charge on any atom is -0.348 e. The van der Waals surface area contributed by atoms with Gasteiger partial charge in [-0.3, -0.25) is 4.79 Å². The van der Waals surface area contributed by atoms with Crippen molar-refractivity contribution in [1.82, 2.24) is 5.32 Å². The van der Waals surface area contributed by atoms with E-state index in [-0.39, 0.29) is 24.4 Å². The van der Waals surface area contributed by atoms with Crippen LogP contribution in [0, 0.1) is 5.92 Å². The molecule has 0 saturated heterocycles. The van der Waals surface area contributed by atoms with Gasteiger partial charge in [-0.2, -0.15) is 0 Å². The van der Waals surface area contributed by atoms with Crippen molar-refractivity contribution in [2.45, 2.75) is 43.0 Å². The Kier molecular flexibility index (Phi) is 8.15. The van der Waals surface area contributed by atoms with Crippen molar-refractivity contribution in [1.29, 1.82) is 0 Å². The van der Waals surface area contributed by atoms with Crippen LogP contribution in [0.2, 0.25) is 0 Å². The van der Waals surface area contributed by atoms with E-state index >= 15 is 0 Å². The second-order valence-corrected chi connectivity index (χ2v) is 6.26. The SMILES string of the molecule is CSc1ccccc1C(=O)NC(CN)C1CCCCC1.Cl. The maximum Gasteiger partial charge on any atom is 0.252 e. The summed E-state index contributed by atoms with van der Waals surface area (Å²) in [6.45, 7) is 0.526. The molecule has 1 unspecified atom stereocenters. The summed E-state index contributed by atoms with van der Waals surface area (Å²) in [6.07, 6.45) is 8.21. The summed E-state index contributed by atoms with van der Waals surface area (Å²) < 4.78 is 0. The van der Waals surface area contributed by atoms with Crippen molar-refractivity contribution in [3.63, 3.8) is 0 Å². The Hall–Kier alpha value is -0.710. The molecule has 21 heavy (non-hydrogen) atoms. The second-order valence-electron chi connectivity index (χ2n) is 5.41. The summed E-state index contributed by atoms with van der Waals surface area (Å²) in [6, 6.07) is 7.85. The number of amides is 1. The zero-order valence-electron chi connectivity index (χ0n) is 12.5. The molecule has 1 fully saturated rings. The zero-order valence-corrected chi connectivity index (χ0v) is 14.1. The van der Waals surface area contributed by atoms with Gasteiger partial charge in [0.25, 0.3) is 5.91 Å². The van der Waals surface area contributed by atoms with Crippen LogP contribution in [0.3, 0.4) is 0 Å². The Balaban J connectivity index is 0.00000220. The molecule has 3 N–H and O–H groups in total. The molecule has 0 aliphatic heterocycles. The highest BCUT2D eigenvalue weighted by Gasteiger charge is 2.24. The molecule has 1 saturated carbocycles. The standard InChI is InChI=1S/C16H24N2OS.ClH/c1-20-15-10-6-5-9-13(15)16(19)18-14(11-17)12-7-3-2-4-8-12;/h5-6,9-10,12,14H,2-4,7-8,11,17H2,1H3,(H,18,19);1H. The normalized spacial score (nSPS) is 16.9. The number of nitrogens with two attached hydrogens (primary N) is 1. The molecule has 1 aromatic carbocycles. The number of thioether (sulfide) groups is 1. The Morgan fingerprint density at radius 2 is 2.00 bits per heavy atom. The summed E-state index contributed by atoms with van der Waals surface area (Å²) in [7, 11) is 0. The van der Waals surface area contributed by atoms with Crippen molar-refractivity contribution in [2.75, 3.05) is 12.8 Å². The lowest BCUT2D eigenvalue weighted by molar-refractivity contribution is 0.0912. The molecule has 2 rings (SSSR count). The Morgan fingerprint density at radius 1 is 1.33 bits per heavy atom. The molecule has 1 amide bonds. The lowest BCUT2D eigenvalue weighted by atomic mass is 9.84. The van der Waals surface area contributed by atoms with Crippen molar-refractivity contribution in [2.24, 2.45) is 11.7 Å². The largest absolute Gasteiger partial charge is 0.348 e. The molecular weight excluding hydrogens is 304 g/mol. The smallest absolute Gasteiger partial charge is 0.252 e. The third-order valence-corrected chi connectivity index (χ3v) is 4.94. The summed E-state index contributed by atoms with van der Waals surface area (Å²) in [5.41, 5.74) is 6.64. The fourth-order valence-electron chi connectivity index (χ4n) is 2.98. The molecule has 118 valence electrons. The first kappa shape index (κ1) is 18.3. The van der Waals surface area contributed by atoms with E-state index < -0.39 is 0 Å². The van der Waals surface area contributed by atoms with Gasteiger partial charge >= 0.3 is 0 Å². The first-order chi connectivity index (χ1) is 9.76. The minimum atomic E-state index is 0. The van der Waals surface area contributed by atoms with E-state index in [1.54, 1.807) is 11.8 Å². The van der Waals surface area contributed by atoms with Crippen LogP contribution in [-0.2, 0) is 0 Å². The van der Waals surface area contributed by atoms with Gasteiger partial charge in [-0.25, -0.2) is 0 Å². The number of nitrogens with one attached hydrogen (secondary N) is 1. The highest BCUT2D eigenvalue weighted by Crippen LogP contribution is 2.27. The number of carbonyl (C=O) groups is 1. The van der Waals surface area contributed by atoms with Crippen molar-refractivity contribution >= 4 is 30.1 Å². The van der Waals surface area contributed by atoms with E-state index in [1.165, 1.54) is 32.1 Å². The van der Waals surface area contributed by atoms with Crippen molar-refractivity contribution in [3.8, 4) is 0 Å². The third kappa shape index (κ3) is 4.90. The van der Waals surface area contributed by atoms with Gasteiger partial charge in [0.1, 0.15) is 0 Å². The number of hydrogen-bond acceptors (Lipinski definition) is 3. The van der Waals surface area contributed by atoms with E-state index in [1.807, 2.05) is 30.5 Å². The number of halogens is 1. The fraction of sp³-hybridized carbons (Fsp3) is 0.562. The number of carbonyl (C=O) groups excluding carboxylic acids is 1. The summed E-state index contributed by atoms with van der Waals surface area (Å²) in [5.74, 6) is 0.551. The second kappa shape index (κ2) is 9.34. The molecule has 0 bridgehead atoms. The van der Waals surface area contributed by atoms with Gasteiger partial charge in [0.15, 0.2) is 0 Å². The molecule has 0 aromatic heterocycles. The van der Waals surface area contributed by atoms with E-state index in [9.17, 15) is 4.79 Å². The quantitative estimate of drug-likeness (QED) is 0.814. The van der Waals surface area contributed by atoms with E-state index in [2.05, 4.69) is 5.32 Å². The molecule has 1 aliphatic carbocycles. The van der Waals surface area contributed by atoms with Gasteiger partial charge in [0.2, 0.25) is 0 Å².